The molecule has 1 N–H and O–H groups in total. The van der Waals surface area contributed by atoms with Gasteiger partial charge in [0.1, 0.15) is 0 Å². The summed E-state index contributed by atoms with van der Waals surface area (Å²) >= 11 is 0. The molecule has 0 amide bonds. The summed E-state index contributed by atoms with van der Waals surface area (Å²) in [7, 11) is 0. The van der Waals surface area contributed by atoms with Gasteiger partial charge in [-0.05, 0) is 25.5 Å². The molecule has 0 fully saturated rings. The van der Waals surface area contributed by atoms with E-state index in [1.807, 2.05) is 18.2 Å². The van der Waals surface area contributed by atoms with E-state index < -0.39 is 0 Å². The van der Waals surface area contributed by atoms with E-state index in [0.717, 1.165) is 12.6 Å². The Morgan fingerprint density at radius 1 is 1.55 bits per heavy atom. The average molecular weight is 152 g/mol. The van der Waals surface area contributed by atoms with Gasteiger partial charge in [-0.15, -0.1) is 0 Å². The molecule has 1 atom stereocenters. The second-order valence-electron chi connectivity index (χ2n) is 2.62. The summed E-state index contributed by atoms with van der Waals surface area (Å²) in [5, 5.41) is 3.22. The third kappa shape index (κ3) is 2.76. The maximum atomic E-state index is 5.19. The molecule has 1 heterocycles. The largest absolute Gasteiger partial charge is 0.471 e. The average Bonchev–Trinajstić information content (AvgIpc) is 2.06. The van der Waals surface area contributed by atoms with Gasteiger partial charge in [-0.1, -0.05) is 13.0 Å². The molecule has 2 nitrogen and oxygen atoms in total. The molecule has 0 aromatic heterocycles. The molecule has 0 saturated carbocycles. The molecule has 0 spiro atoms. The quantitative estimate of drug-likeness (QED) is 0.667. The highest BCUT2D eigenvalue weighted by Gasteiger charge is 2.09. The number of allylic oxidation sites excluding steroid dienone is 2. The van der Waals surface area contributed by atoms with Gasteiger partial charge in [0.2, 0.25) is 6.23 Å². The SMILES string of the molecule is CCC(C)N[C]1C=CC=CO1. The van der Waals surface area contributed by atoms with E-state index >= 15 is 0 Å². The first kappa shape index (κ1) is 8.34. The molecule has 61 valence electrons. The molecular formula is C9H14NO. The lowest BCUT2D eigenvalue weighted by atomic mass is 10.2. The molecule has 0 bridgehead atoms. The van der Waals surface area contributed by atoms with Crippen molar-refractivity contribution < 1.29 is 4.74 Å². The molecule has 1 aliphatic heterocycles. The Kier molecular flexibility index (Phi) is 3.17. The molecule has 0 aliphatic carbocycles. The summed E-state index contributed by atoms with van der Waals surface area (Å²) in [6, 6.07) is 0.473. The summed E-state index contributed by atoms with van der Waals surface area (Å²) in [6.07, 6.45) is 9.35. The van der Waals surface area contributed by atoms with E-state index in [4.69, 9.17) is 4.74 Å². The van der Waals surface area contributed by atoms with Gasteiger partial charge < -0.3 is 4.74 Å². The number of hydrogen-bond acceptors (Lipinski definition) is 2. The standard InChI is InChI=1S/C9H14NO/c1-3-8(2)10-9-6-4-5-7-11-9/h4-8,10H,3H2,1-2H3. The first-order chi connectivity index (χ1) is 5.33. The molecule has 0 aromatic carbocycles. The lowest BCUT2D eigenvalue weighted by molar-refractivity contribution is 0.234. The fourth-order valence-corrected chi connectivity index (χ4v) is 0.767. The van der Waals surface area contributed by atoms with Crippen molar-refractivity contribution in [1.82, 2.24) is 5.32 Å². The third-order valence-corrected chi connectivity index (χ3v) is 1.63. The first-order valence-corrected chi connectivity index (χ1v) is 3.96. The van der Waals surface area contributed by atoms with Crippen LogP contribution < -0.4 is 5.32 Å². The first-order valence-electron chi connectivity index (χ1n) is 3.96. The molecule has 1 aliphatic rings. The van der Waals surface area contributed by atoms with E-state index in [1.54, 1.807) is 6.26 Å². The van der Waals surface area contributed by atoms with Crippen LogP contribution in [0.2, 0.25) is 0 Å². The summed E-state index contributed by atoms with van der Waals surface area (Å²) in [5.41, 5.74) is 0. The van der Waals surface area contributed by atoms with Crippen LogP contribution in [0.3, 0.4) is 0 Å². The van der Waals surface area contributed by atoms with E-state index in [0.29, 0.717) is 6.04 Å². The van der Waals surface area contributed by atoms with E-state index in [9.17, 15) is 0 Å². The highest BCUT2D eigenvalue weighted by atomic mass is 16.5. The molecule has 0 saturated heterocycles. The van der Waals surface area contributed by atoms with Gasteiger partial charge in [0, 0.05) is 6.04 Å². The van der Waals surface area contributed by atoms with Crippen LogP contribution in [-0.4, -0.2) is 6.04 Å². The Balaban J connectivity index is 2.27. The summed E-state index contributed by atoms with van der Waals surface area (Å²) in [5.74, 6) is 0. The Morgan fingerprint density at radius 3 is 2.91 bits per heavy atom. The molecular weight excluding hydrogens is 138 g/mol. The van der Waals surface area contributed by atoms with Gasteiger partial charge in [0.15, 0.2) is 0 Å². The summed E-state index contributed by atoms with van der Waals surface area (Å²) < 4.78 is 5.19. The minimum Gasteiger partial charge on any atom is -0.471 e. The second-order valence-corrected chi connectivity index (χ2v) is 2.62. The minimum atomic E-state index is 0.473. The fourth-order valence-electron chi connectivity index (χ4n) is 0.767. The Bertz CT molecular complexity index is 163. The number of hydrogen-bond donors (Lipinski definition) is 1. The molecule has 0 aromatic rings. The van der Waals surface area contributed by atoms with Crippen LogP contribution in [0, 0.1) is 6.23 Å². The topological polar surface area (TPSA) is 21.3 Å². The summed E-state index contributed by atoms with van der Waals surface area (Å²) in [4.78, 5) is 0. The van der Waals surface area contributed by atoms with Crippen molar-refractivity contribution in [3.8, 4) is 0 Å². The maximum Gasteiger partial charge on any atom is 0.237 e. The lowest BCUT2D eigenvalue weighted by Gasteiger charge is -2.18. The van der Waals surface area contributed by atoms with Crippen LogP contribution in [0.25, 0.3) is 0 Å². The Labute approximate surface area is 67.9 Å². The van der Waals surface area contributed by atoms with E-state index in [2.05, 4.69) is 19.2 Å². The number of ether oxygens (including phenoxy) is 1. The molecule has 2 heteroatoms. The van der Waals surface area contributed by atoms with Crippen LogP contribution in [0.15, 0.2) is 24.5 Å². The zero-order valence-corrected chi connectivity index (χ0v) is 7.00. The number of rotatable bonds is 3. The lowest BCUT2D eigenvalue weighted by Crippen LogP contribution is -2.30. The van der Waals surface area contributed by atoms with Gasteiger partial charge in [0.25, 0.3) is 0 Å². The zero-order chi connectivity index (χ0) is 8.10. The monoisotopic (exact) mass is 152 g/mol. The molecule has 1 unspecified atom stereocenters. The van der Waals surface area contributed by atoms with Crippen LogP contribution in [-0.2, 0) is 4.74 Å². The maximum absolute atomic E-state index is 5.19. The third-order valence-electron chi connectivity index (χ3n) is 1.63. The smallest absolute Gasteiger partial charge is 0.237 e. The predicted molar refractivity (Wildman–Crippen MR) is 45.5 cm³/mol. The fraction of sp³-hybridized carbons (Fsp3) is 0.444. The van der Waals surface area contributed by atoms with Gasteiger partial charge in [-0.25, -0.2) is 0 Å². The molecule has 1 rings (SSSR count). The van der Waals surface area contributed by atoms with Gasteiger partial charge in [-0.2, -0.15) is 0 Å². The van der Waals surface area contributed by atoms with Crippen LogP contribution >= 0.6 is 0 Å². The zero-order valence-electron chi connectivity index (χ0n) is 7.00. The van der Waals surface area contributed by atoms with Gasteiger partial charge in [-0.3, -0.25) is 5.32 Å². The van der Waals surface area contributed by atoms with E-state index in [1.165, 1.54) is 0 Å². The van der Waals surface area contributed by atoms with Crippen LogP contribution in [0.4, 0.5) is 0 Å². The van der Waals surface area contributed by atoms with Crippen molar-refractivity contribution in [3.63, 3.8) is 0 Å². The van der Waals surface area contributed by atoms with Crippen molar-refractivity contribution in [1.29, 1.82) is 0 Å². The number of nitrogens with one attached hydrogen (secondary N) is 1. The molecule has 1 radical (unpaired) electrons. The second kappa shape index (κ2) is 4.19. The van der Waals surface area contributed by atoms with Crippen LogP contribution in [0.1, 0.15) is 20.3 Å². The Hall–Kier alpha value is -0.760. The molecule has 11 heavy (non-hydrogen) atoms. The van der Waals surface area contributed by atoms with Gasteiger partial charge in [0.05, 0.1) is 6.26 Å². The van der Waals surface area contributed by atoms with Crippen molar-refractivity contribution in [2.24, 2.45) is 0 Å². The van der Waals surface area contributed by atoms with Crippen molar-refractivity contribution >= 4 is 0 Å². The highest BCUT2D eigenvalue weighted by Crippen LogP contribution is 2.07. The minimum absolute atomic E-state index is 0.473. The normalized spacial score (nSPS) is 19.8. The van der Waals surface area contributed by atoms with Crippen molar-refractivity contribution in [3.05, 3.63) is 30.7 Å². The Morgan fingerprint density at radius 2 is 2.36 bits per heavy atom. The van der Waals surface area contributed by atoms with Crippen molar-refractivity contribution in [2.45, 2.75) is 26.3 Å². The van der Waals surface area contributed by atoms with Crippen LogP contribution in [0.5, 0.6) is 0 Å². The van der Waals surface area contributed by atoms with E-state index in [-0.39, 0.29) is 0 Å². The van der Waals surface area contributed by atoms with Crippen molar-refractivity contribution in [2.75, 3.05) is 0 Å². The highest BCUT2D eigenvalue weighted by molar-refractivity contribution is 5.14. The van der Waals surface area contributed by atoms with Gasteiger partial charge >= 0.3 is 0 Å². The predicted octanol–water partition coefficient (Wildman–Crippen LogP) is 1.96. The summed E-state index contributed by atoms with van der Waals surface area (Å²) in [6.45, 7) is 4.27.